The highest BCUT2D eigenvalue weighted by molar-refractivity contribution is 7.99. The monoisotopic (exact) mass is 383 g/mol. The summed E-state index contributed by atoms with van der Waals surface area (Å²) in [6, 6.07) is 8.22. The molecule has 1 aliphatic heterocycles. The Hall–Kier alpha value is -2.15. The lowest BCUT2D eigenvalue weighted by Crippen LogP contribution is -2.33. The van der Waals surface area contributed by atoms with E-state index in [4.69, 9.17) is 4.98 Å². The molecular weight excluding hydrogens is 358 g/mol. The van der Waals surface area contributed by atoms with Crippen LogP contribution in [0.2, 0.25) is 0 Å². The van der Waals surface area contributed by atoms with Gasteiger partial charge in [0.05, 0.1) is 11.3 Å². The fourth-order valence-corrected chi connectivity index (χ4v) is 4.42. The van der Waals surface area contributed by atoms with E-state index in [-0.39, 0.29) is 5.91 Å². The zero-order valence-electron chi connectivity index (χ0n) is 15.7. The number of fused-ring (bicyclic) bond motifs is 3. The van der Waals surface area contributed by atoms with Crippen LogP contribution in [-0.4, -0.2) is 49.4 Å². The highest BCUT2D eigenvalue weighted by atomic mass is 32.2. The van der Waals surface area contributed by atoms with E-state index in [0.717, 1.165) is 61.0 Å². The van der Waals surface area contributed by atoms with Crippen LogP contribution in [0.3, 0.4) is 0 Å². The topological polar surface area (TPSA) is 63.9 Å². The van der Waals surface area contributed by atoms with Crippen molar-refractivity contribution in [3.63, 3.8) is 0 Å². The second kappa shape index (κ2) is 8.25. The summed E-state index contributed by atoms with van der Waals surface area (Å²) in [5, 5.41) is 10.4. The number of rotatable bonds is 5. The summed E-state index contributed by atoms with van der Waals surface area (Å²) in [6.07, 6.45) is 5.69. The molecule has 3 aromatic rings. The lowest BCUT2D eigenvalue weighted by molar-refractivity contribution is -0.128. The van der Waals surface area contributed by atoms with E-state index in [1.807, 2.05) is 17.0 Å². The van der Waals surface area contributed by atoms with Crippen LogP contribution in [0.15, 0.2) is 29.4 Å². The van der Waals surface area contributed by atoms with Crippen molar-refractivity contribution in [1.29, 1.82) is 0 Å². The molecule has 27 heavy (non-hydrogen) atoms. The summed E-state index contributed by atoms with van der Waals surface area (Å²) in [5.41, 5.74) is 2.83. The summed E-state index contributed by atoms with van der Waals surface area (Å²) in [4.78, 5) is 19.3. The Morgan fingerprint density at radius 2 is 1.89 bits per heavy atom. The number of amides is 1. The van der Waals surface area contributed by atoms with Gasteiger partial charge >= 0.3 is 0 Å². The minimum absolute atomic E-state index is 0.180. The maximum atomic E-state index is 12.5. The highest BCUT2D eigenvalue weighted by Gasteiger charge is 2.18. The van der Waals surface area contributed by atoms with Crippen molar-refractivity contribution in [2.75, 3.05) is 18.8 Å². The second-order valence-corrected chi connectivity index (χ2v) is 7.96. The molecule has 0 N–H and O–H groups in total. The predicted octanol–water partition coefficient (Wildman–Crippen LogP) is 3.88. The van der Waals surface area contributed by atoms with Gasteiger partial charge in [-0.25, -0.2) is 4.98 Å². The van der Waals surface area contributed by atoms with Gasteiger partial charge in [0.15, 0.2) is 5.65 Å². The van der Waals surface area contributed by atoms with E-state index in [1.165, 1.54) is 24.6 Å². The van der Waals surface area contributed by atoms with Crippen LogP contribution in [0.1, 0.15) is 39.0 Å². The molecule has 0 atom stereocenters. The molecule has 3 heterocycles. The van der Waals surface area contributed by atoms with Gasteiger partial charge in [-0.3, -0.25) is 4.79 Å². The van der Waals surface area contributed by atoms with Gasteiger partial charge in [-0.2, -0.15) is 0 Å². The number of aromatic nitrogens is 4. The largest absolute Gasteiger partial charge is 0.342 e. The van der Waals surface area contributed by atoms with Crippen LogP contribution in [0.4, 0.5) is 0 Å². The lowest BCUT2D eigenvalue weighted by Gasteiger charge is -2.19. The molecule has 0 saturated carbocycles. The summed E-state index contributed by atoms with van der Waals surface area (Å²) >= 11 is 1.39. The normalized spacial score (nSPS) is 15.4. The fraction of sp³-hybridized carbons (Fsp3) is 0.500. The van der Waals surface area contributed by atoms with E-state index < -0.39 is 0 Å². The van der Waals surface area contributed by atoms with Gasteiger partial charge in [0.1, 0.15) is 5.52 Å². The third-order valence-corrected chi connectivity index (χ3v) is 5.91. The standard InChI is InChI=1S/C20H25N5OS/c1-2-11-25-16-10-6-5-9-15(16)18-19(25)21-20(23-22-18)27-14-17(26)24-12-7-3-4-8-13-24/h5-6,9-10H,2-4,7-8,11-14H2,1H3. The van der Waals surface area contributed by atoms with Crippen molar-refractivity contribution >= 4 is 39.7 Å². The number of nitrogens with zero attached hydrogens (tertiary/aromatic N) is 5. The number of hydrogen-bond acceptors (Lipinski definition) is 5. The first-order chi connectivity index (χ1) is 13.3. The van der Waals surface area contributed by atoms with E-state index in [1.54, 1.807) is 0 Å². The molecule has 2 aromatic heterocycles. The summed E-state index contributed by atoms with van der Waals surface area (Å²) in [5.74, 6) is 0.556. The minimum Gasteiger partial charge on any atom is -0.342 e. The molecule has 1 aromatic carbocycles. The fourth-order valence-electron chi connectivity index (χ4n) is 3.74. The quantitative estimate of drug-likeness (QED) is 0.626. The molecule has 1 aliphatic rings. The summed E-state index contributed by atoms with van der Waals surface area (Å²) < 4.78 is 2.21. The van der Waals surface area contributed by atoms with Gasteiger partial charge < -0.3 is 9.47 Å². The first-order valence-electron chi connectivity index (χ1n) is 9.80. The molecule has 0 spiro atoms. The van der Waals surface area contributed by atoms with Crippen molar-refractivity contribution < 1.29 is 4.79 Å². The Kier molecular flexibility index (Phi) is 5.57. The SMILES string of the molecule is CCCn1c2ccccc2c2nnc(SCC(=O)N3CCCCCC3)nc21. The van der Waals surface area contributed by atoms with Crippen LogP contribution >= 0.6 is 11.8 Å². The molecule has 1 saturated heterocycles. The Bertz CT molecular complexity index is 946. The maximum Gasteiger partial charge on any atom is 0.233 e. The number of likely N-dealkylation sites (tertiary alicyclic amines) is 1. The second-order valence-electron chi connectivity index (χ2n) is 7.02. The zero-order chi connectivity index (χ0) is 18.6. The number of benzene rings is 1. The van der Waals surface area contributed by atoms with E-state index >= 15 is 0 Å². The van der Waals surface area contributed by atoms with E-state index in [2.05, 4.69) is 33.8 Å². The van der Waals surface area contributed by atoms with Gasteiger partial charge in [-0.05, 0) is 25.3 Å². The Morgan fingerprint density at radius 1 is 1.11 bits per heavy atom. The van der Waals surface area contributed by atoms with Crippen LogP contribution in [0.25, 0.3) is 22.1 Å². The molecule has 0 radical (unpaired) electrons. The third-order valence-electron chi connectivity index (χ3n) is 5.09. The minimum atomic E-state index is 0.180. The highest BCUT2D eigenvalue weighted by Crippen LogP contribution is 2.27. The first kappa shape index (κ1) is 18.2. The number of carbonyl (C=O) groups is 1. The molecule has 1 amide bonds. The average molecular weight is 384 g/mol. The smallest absolute Gasteiger partial charge is 0.233 e. The Morgan fingerprint density at radius 3 is 2.67 bits per heavy atom. The molecule has 1 fully saturated rings. The molecular formula is C20H25N5OS. The number of hydrogen-bond donors (Lipinski definition) is 0. The Balaban J connectivity index is 1.56. The molecule has 6 nitrogen and oxygen atoms in total. The molecule has 142 valence electrons. The third kappa shape index (κ3) is 3.78. The number of para-hydroxylation sites is 1. The molecule has 7 heteroatoms. The van der Waals surface area contributed by atoms with Crippen LogP contribution in [0, 0.1) is 0 Å². The van der Waals surface area contributed by atoms with Gasteiger partial charge in [0.2, 0.25) is 11.1 Å². The lowest BCUT2D eigenvalue weighted by atomic mass is 10.2. The Labute approximate surface area is 163 Å². The van der Waals surface area contributed by atoms with Crippen molar-refractivity contribution in [2.24, 2.45) is 0 Å². The number of aryl methyl sites for hydroxylation is 1. The van der Waals surface area contributed by atoms with Crippen molar-refractivity contribution in [2.45, 2.75) is 50.7 Å². The molecule has 4 rings (SSSR count). The zero-order valence-corrected chi connectivity index (χ0v) is 16.5. The average Bonchev–Trinajstić information content (AvgIpc) is 2.86. The summed E-state index contributed by atoms with van der Waals surface area (Å²) in [7, 11) is 0. The van der Waals surface area contributed by atoms with Gasteiger partial charge in [0, 0.05) is 25.0 Å². The van der Waals surface area contributed by atoms with Crippen LogP contribution in [0.5, 0.6) is 0 Å². The van der Waals surface area contributed by atoms with Crippen molar-refractivity contribution in [1.82, 2.24) is 24.6 Å². The number of thioether (sulfide) groups is 1. The van der Waals surface area contributed by atoms with Crippen LogP contribution in [-0.2, 0) is 11.3 Å². The molecule has 0 unspecified atom stereocenters. The van der Waals surface area contributed by atoms with Crippen molar-refractivity contribution in [3.8, 4) is 0 Å². The predicted molar refractivity (Wildman–Crippen MR) is 109 cm³/mol. The van der Waals surface area contributed by atoms with Gasteiger partial charge in [0.25, 0.3) is 0 Å². The molecule has 0 bridgehead atoms. The first-order valence-corrected chi connectivity index (χ1v) is 10.8. The van der Waals surface area contributed by atoms with E-state index in [0.29, 0.717) is 10.9 Å². The number of carbonyl (C=O) groups excluding carboxylic acids is 1. The van der Waals surface area contributed by atoms with Crippen LogP contribution < -0.4 is 0 Å². The van der Waals surface area contributed by atoms with Crippen molar-refractivity contribution in [3.05, 3.63) is 24.3 Å². The molecule has 0 aliphatic carbocycles. The van der Waals surface area contributed by atoms with Gasteiger partial charge in [-0.1, -0.05) is 49.7 Å². The van der Waals surface area contributed by atoms with E-state index in [9.17, 15) is 4.79 Å². The summed E-state index contributed by atoms with van der Waals surface area (Å²) in [6.45, 7) is 4.80. The van der Waals surface area contributed by atoms with Gasteiger partial charge in [-0.15, -0.1) is 10.2 Å². The maximum absolute atomic E-state index is 12.5.